The van der Waals surface area contributed by atoms with Gasteiger partial charge in [-0.25, -0.2) is 9.97 Å². The second-order valence-electron chi connectivity index (χ2n) is 4.44. The lowest BCUT2D eigenvalue weighted by Gasteiger charge is -2.05. The van der Waals surface area contributed by atoms with Gasteiger partial charge in [0.25, 0.3) is 5.91 Å². The molecular formula is C10H12ClN3O. The van der Waals surface area contributed by atoms with E-state index in [1.54, 1.807) is 0 Å². The van der Waals surface area contributed by atoms with Gasteiger partial charge >= 0.3 is 0 Å². The van der Waals surface area contributed by atoms with Gasteiger partial charge in [0.05, 0.1) is 12.4 Å². The molecule has 0 radical (unpaired) electrons. The van der Waals surface area contributed by atoms with Crippen LogP contribution in [0.1, 0.15) is 30.8 Å². The number of aromatic nitrogens is 2. The molecule has 1 unspecified atom stereocenters. The summed E-state index contributed by atoms with van der Waals surface area (Å²) in [5.74, 6) is -0.185. The highest BCUT2D eigenvalue weighted by Crippen LogP contribution is 2.44. The number of hydrogen-bond donors (Lipinski definition) is 1. The minimum atomic E-state index is -0.185. The predicted octanol–water partition coefficient (Wildman–Crippen LogP) is 1.66. The van der Waals surface area contributed by atoms with Gasteiger partial charge in [-0.05, 0) is 11.8 Å². The number of carbonyl (C=O) groups is 1. The molecule has 4 nitrogen and oxygen atoms in total. The van der Waals surface area contributed by atoms with Crippen molar-refractivity contribution in [2.24, 2.45) is 5.41 Å². The summed E-state index contributed by atoms with van der Waals surface area (Å²) in [7, 11) is 0. The fraction of sp³-hybridized carbons (Fsp3) is 0.500. The number of halogens is 1. The predicted molar refractivity (Wildman–Crippen MR) is 56.7 cm³/mol. The van der Waals surface area contributed by atoms with Gasteiger partial charge < -0.3 is 5.32 Å². The van der Waals surface area contributed by atoms with Crippen LogP contribution in [0.4, 0.5) is 0 Å². The Morgan fingerprint density at radius 1 is 1.53 bits per heavy atom. The molecule has 15 heavy (non-hydrogen) atoms. The van der Waals surface area contributed by atoms with E-state index < -0.39 is 0 Å². The maximum atomic E-state index is 11.6. The summed E-state index contributed by atoms with van der Waals surface area (Å²) in [6.07, 6.45) is 3.77. The molecule has 0 saturated heterocycles. The van der Waals surface area contributed by atoms with E-state index in [4.69, 9.17) is 11.6 Å². The summed E-state index contributed by atoms with van der Waals surface area (Å²) >= 11 is 5.57. The lowest BCUT2D eigenvalue weighted by molar-refractivity contribution is 0.0941. The Balaban J connectivity index is 2.00. The Hall–Kier alpha value is -1.16. The Morgan fingerprint density at radius 3 is 2.67 bits per heavy atom. The molecule has 1 fully saturated rings. The largest absolute Gasteiger partial charge is 0.347 e. The lowest BCUT2D eigenvalue weighted by Crippen LogP contribution is -2.29. The van der Waals surface area contributed by atoms with Crippen LogP contribution in [0.15, 0.2) is 12.4 Å². The van der Waals surface area contributed by atoms with Crippen LogP contribution < -0.4 is 5.32 Å². The molecule has 0 bridgehead atoms. The molecule has 1 aromatic heterocycles. The Kier molecular flexibility index (Phi) is 2.38. The van der Waals surface area contributed by atoms with Gasteiger partial charge in [0.2, 0.25) is 0 Å². The van der Waals surface area contributed by atoms with E-state index in [1.807, 2.05) is 0 Å². The standard InChI is InChI=1S/C10H12ClN3O/c1-10(2)3-7(10)14-9(15)6-4-13-8(11)5-12-6/h4-5,7H,3H2,1-2H3,(H,14,15). The molecule has 1 amide bonds. The van der Waals surface area contributed by atoms with Crippen molar-refractivity contribution in [3.05, 3.63) is 23.2 Å². The van der Waals surface area contributed by atoms with E-state index >= 15 is 0 Å². The summed E-state index contributed by atoms with van der Waals surface area (Å²) in [4.78, 5) is 19.3. The first kappa shape index (κ1) is 10.4. The first-order valence-corrected chi connectivity index (χ1v) is 5.15. The van der Waals surface area contributed by atoms with Crippen LogP contribution in [0.2, 0.25) is 5.15 Å². The number of carbonyl (C=O) groups excluding carboxylic acids is 1. The van der Waals surface area contributed by atoms with Crippen LogP contribution >= 0.6 is 11.6 Å². The number of nitrogens with zero attached hydrogens (tertiary/aromatic N) is 2. The zero-order valence-electron chi connectivity index (χ0n) is 8.62. The third-order valence-electron chi connectivity index (χ3n) is 2.67. The summed E-state index contributed by atoms with van der Waals surface area (Å²) in [6.45, 7) is 4.23. The zero-order chi connectivity index (χ0) is 11.1. The number of nitrogens with one attached hydrogen (secondary N) is 1. The Bertz CT molecular complexity index is 388. The van der Waals surface area contributed by atoms with Crippen LogP contribution in [-0.2, 0) is 0 Å². The number of hydrogen-bond acceptors (Lipinski definition) is 3. The molecule has 0 spiro atoms. The Morgan fingerprint density at radius 2 is 2.20 bits per heavy atom. The molecule has 0 aliphatic heterocycles. The van der Waals surface area contributed by atoms with Crippen molar-refractivity contribution in [2.45, 2.75) is 26.3 Å². The summed E-state index contributed by atoms with van der Waals surface area (Å²) in [5, 5.41) is 3.19. The van der Waals surface area contributed by atoms with Gasteiger partial charge in [-0.15, -0.1) is 0 Å². The molecule has 1 saturated carbocycles. The third kappa shape index (κ3) is 2.26. The highest BCUT2D eigenvalue weighted by atomic mass is 35.5. The first-order valence-electron chi connectivity index (χ1n) is 4.77. The second kappa shape index (κ2) is 3.45. The average Bonchev–Trinajstić information content (AvgIpc) is 2.74. The molecule has 1 aliphatic carbocycles. The highest BCUT2D eigenvalue weighted by Gasteiger charge is 2.46. The van der Waals surface area contributed by atoms with E-state index in [0.717, 1.165) is 6.42 Å². The summed E-state index contributed by atoms with van der Waals surface area (Å²) in [6, 6.07) is 0.252. The van der Waals surface area contributed by atoms with Crippen molar-refractivity contribution in [3.8, 4) is 0 Å². The highest BCUT2D eigenvalue weighted by molar-refractivity contribution is 6.29. The quantitative estimate of drug-likeness (QED) is 0.833. The van der Waals surface area contributed by atoms with Crippen molar-refractivity contribution in [3.63, 3.8) is 0 Å². The van der Waals surface area contributed by atoms with Gasteiger partial charge in [-0.2, -0.15) is 0 Å². The molecule has 80 valence electrons. The second-order valence-corrected chi connectivity index (χ2v) is 4.83. The molecule has 5 heteroatoms. The Labute approximate surface area is 93.1 Å². The van der Waals surface area contributed by atoms with Crippen LogP contribution in [-0.4, -0.2) is 21.9 Å². The maximum Gasteiger partial charge on any atom is 0.271 e. The third-order valence-corrected chi connectivity index (χ3v) is 2.87. The van der Waals surface area contributed by atoms with Crippen LogP contribution in [0.3, 0.4) is 0 Å². The molecule has 2 rings (SSSR count). The molecule has 1 heterocycles. The van der Waals surface area contributed by atoms with E-state index in [1.165, 1.54) is 12.4 Å². The smallest absolute Gasteiger partial charge is 0.271 e. The number of amides is 1. The lowest BCUT2D eigenvalue weighted by atomic mass is 10.2. The summed E-state index contributed by atoms with van der Waals surface area (Å²) in [5.41, 5.74) is 0.525. The van der Waals surface area contributed by atoms with Gasteiger partial charge in [0.1, 0.15) is 10.8 Å². The van der Waals surface area contributed by atoms with Gasteiger partial charge in [-0.1, -0.05) is 25.4 Å². The molecule has 1 N–H and O–H groups in total. The topological polar surface area (TPSA) is 54.9 Å². The monoisotopic (exact) mass is 225 g/mol. The van der Waals surface area contributed by atoms with Crippen molar-refractivity contribution in [1.29, 1.82) is 0 Å². The van der Waals surface area contributed by atoms with Crippen molar-refractivity contribution in [1.82, 2.24) is 15.3 Å². The molecular weight excluding hydrogens is 214 g/mol. The fourth-order valence-electron chi connectivity index (χ4n) is 1.38. The number of rotatable bonds is 2. The maximum absolute atomic E-state index is 11.6. The minimum Gasteiger partial charge on any atom is -0.347 e. The van der Waals surface area contributed by atoms with E-state index in [0.29, 0.717) is 10.8 Å². The van der Waals surface area contributed by atoms with Crippen LogP contribution in [0.5, 0.6) is 0 Å². The molecule has 1 aliphatic rings. The SMILES string of the molecule is CC1(C)CC1NC(=O)c1cnc(Cl)cn1. The normalized spacial score (nSPS) is 22.2. The van der Waals surface area contributed by atoms with Crippen LogP contribution in [0.25, 0.3) is 0 Å². The van der Waals surface area contributed by atoms with Crippen molar-refractivity contribution in [2.75, 3.05) is 0 Å². The fourth-order valence-corrected chi connectivity index (χ4v) is 1.47. The van der Waals surface area contributed by atoms with E-state index in [2.05, 4.69) is 29.1 Å². The van der Waals surface area contributed by atoms with Gasteiger partial charge in [-0.3, -0.25) is 4.79 Å². The first-order chi connectivity index (χ1) is 6.99. The molecule has 0 aromatic carbocycles. The van der Waals surface area contributed by atoms with Crippen molar-refractivity contribution >= 4 is 17.5 Å². The van der Waals surface area contributed by atoms with E-state index in [-0.39, 0.29) is 17.4 Å². The van der Waals surface area contributed by atoms with E-state index in [9.17, 15) is 4.79 Å². The van der Waals surface area contributed by atoms with Gasteiger partial charge in [0, 0.05) is 6.04 Å². The summed E-state index contributed by atoms with van der Waals surface area (Å²) < 4.78 is 0. The minimum absolute atomic E-state index is 0.185. The van der Waals surface area contributed by atoms with Crippen LogP contribution in [0, 0.1) is 5.41 Å². The average molecular weight is 226 g/mol. The van der Waals surface area contributed by atoms with Gasteiger partial charge in [0.15, 0.2) is 0 Å². The molecule has 1 atom stereocenters. The van der Waals surface area contributed by atoms with Crippen molar-refractivity contribution < 1.29 is 4.79 Å². The molecule has 1 aromatic rings. The zero-order valence-corrected chi connectivity index (χ0v) is 9.38.